The monoisotopic (exact) mass is 938 g/mol. The number of Topliss-reactive ketones (excluding diaryl/α,β-unsaturated/α-hetero) is 1. The molecule has 0 radical (unpaired) electrons. The maximum absolute atomic E-state index is 14.7. The van der Waals surface area contributed by atoms with Crippen molar-refractivity contribution in [3.8, 4) is 11.3 Å². The van der Waals surface area contributed by atoms with Gasteiger partial charge in [-0.25, -0.2) is 14.4 Å². The first-order valence-corrected chi connectivity index (χ1v) is 23.4. The summed E-state index contributed by atoms with van der Waals surface area (Å²) >= 11 is 0. The molecule has 370 valence electrons. The summed E-state index contributed by atoms with van der Waals surface area (Å²) in [6.07, 6.45) is -0.415. The lowest BCUT2D eigenvalue weighted by Crippen LogP contribution is -2.61. The fraction of sp³-hybridized carbons (Fsp3) is 0.653. The minimum atomic E-state index is -1.82. The van der Waals surface area contributed by atoms with Crippen LogP contribution in [0.4, 0.5) is 14.4 Å². The first-order valence-electron chi connectivity index (χ1n) is 23.4. The lowest BCUT2D eigenvalue weighted by atomic mass is 9.73. The number of ketones is 1. The van der Waals surface area contributed by atoms with Gasteiger partial charge < -0.3 is 53.4 Å². The Kier molecular flexibility index (Phi) is 17.9. The van der Waals surface area contributed by atoms with Crippen molar-refractivity contribution in [2.24, 2.45) is 23.7 Å². The van der Waals surface area contributed by atoms with Crippen molar-refractivity contribution in [2.45, 2.75) is 149 Å². The number of nitrogens with zero attached hydrogens (tertiary/aromatic N) is 4. The van der Waals surface area contributed by atoms with Crippen molar-refractivity contribution < 1.29 is 62.2 Å². The van der Waals surface area contributed by atoms with E-state index in [9.17, 15) is 29.1 Å². The molecule has 0 aliphatic carbocycles. The Labute approximate surface area is 394 Å². The number of carbonyl (C=O) groups is 5. The number of rotatable bonds is 12. The molecule has 1 aromatic heterocycles. The van der Waals surface area contributed by atoms with Crippen molar-refractivity contribution in [1.82, 2.24) is 25.1 Å². The first kappa shape index (κ1) is 52.8. The van der Waals surface area contributed by atoms with E-state index in [1.165, 1.54) is 4.90 Å². The van der Waals surface area contributed by atoms with Gasteiger partial charge in [-0.2, -0.15) is 0 Å². The fourth-order valence-corrected chi connectivity index (χ4v) is 9.84. The highest BCUT2D eigenvalue weighted by Crippen LogP contribution is 2.42. The summed E-state index contributed by atoms with van der Waals surface area (Å²) in [5.41, 5.74) is -0.870. The van der Waals surface area contributed by atoms with Gasteiger partial charge in [0.25, 0.3) is 0 Å². The number of likely N-dealkylation sites (N-methyl/N-ethyl adjacent to an activating group) is 1. The largest absolute Gasteiger partial charge is 0.509 e. The third kappa shape index (κ3) is 12.3. The van der Waals surface area contributed by atoms with Gasteiger partial charge >= 0.3 is 24.3 Å². The van der Waals surface area contributed by atoms with Crippen LogP contribution >= 0.6 is 0 Å². The van der Waals surface area contributed by atoms with E-state index < -0.39 is 108 Å². The van der Waals surface area contributed by atoms with Crippen LogP contribution in [0, 0.1) is 23.7 Å². The Morgan fingerprint density at radius 1 is 0.985 bits per heavy atom. The molecule has 14 atom stereocenters. The Balaban J connectivity index is 1.58. The average molecular weight is 938 g/mol. The molecule has 3 saturated heterocycles. The molecular formula is C49H71N5O13. The Morgan fingerprint density at radius 3 is 2.28 bits per heavy atom. The number of hydrogen-bond donors (Lipinski definition) is 2. The molecule has 18 heteroatoms. The van der Waals surface area contributed by atoms with Crippen LogP contribution in [0.25, 0.3) is 17.3 Å². The minimum absolute atomic E-state index is 0.186. The fourth-order valence-electron chi connectivity index (χ4n) is 9.84. The van der Waals surface area contributed by atoms with Crippen molar-refractivity contribution in [3.63, 3.8) is 0 Å². The number of cyclic esters (lactones) is 1. The van der Waals surface area contributed by atoms with E-state index in [1.54, 1.807) is 93.1 Å². The third-order valence-corrected chi connectivity index (χ3v) is 13.6. The third-order valence-electron chi connectivity index (χ3n) is 13.6. The summed E-state index contributed by atoms with van der Waals surface area (Å²) in [6.45, 7) is 17.4. The number of alkyl carbamates (subject to hydrolysis) is 1. The van der Waals surface area contributed by atoms with E-state index >= 15 is 0 Å². The molecule has 0 spiro atoms. The normalized spacial score (nSPS) is 34.0. The molecule has 0 saturated carbocycles. The minimum Gasteiger partial charge on any atom is -0.458 e. The van der Waals surface area contributed by atoms with Crippen molar-refractivity contribution in [1.29, 1.82) is 0 Å². The summed E-state index contributed by atoms with van der Waals surface area (Å²) in [7, 11) is 3.66. The van der Waals surface area contributed by atoms with Crippen molar-refractivity contribution in [3.05, 3.63) is 54.5 Å². The number of aliphatic hydroxyl groups excluding tert-OH is 1. The first-order chi connectivity index (χ1) is 31.7. The summed E-state index contributed by atoms with van der Waals surface area (Å²) in [6, 6.07) is 6.22. The van der Waals surface area contributed by atoms with Crippen LogP contribution in [0.1, 0.15) is 94.1 Å². The van der Waals surface area contributed by atoms with Crippen LogP contribution in [-0.4, -0.2) is 149 Å². The van der Waals surface area contributed by atoms with Gasteiger partial charge in [0.1, 0.15) is 42.4 Å². The molecular weight excluding hydrogens is 867 g/mol. The highest BCUT2D eigenvalue weighted by atomic mass is 16.8. The number of fused-ring (bicyclic) bond motifs is 1. The van der Waals surface area contributed by atoms with Crippen LogP contribution < -0.4 is 5.32 Å². The zero-order valence-corrected chi connectivity index (χ0v) is 41.0. The summed E-state index contributed by atoms with van der Waals surface area (Å²) in [5.74, 6) is -5.11. The van der Waals surface area contributed by atoms with E-state index in [4.69, 9.17) is 33.2 Å². The van der Waals surface area contributed by atoms with Crippen molar-refractivity contribution in [2.75, 3.05) is 33.8 Å². The van der Waals surface area contributed by atoms with E-state index in [0.29, 0.717) is 19.5 Å². The zero-order valence-electron chi connectivity index (χ0n) is 41.0. The molecule has 3 fully saturated rings. The average Bonchev–Trinajstić information content (AvgIpc) is 3.61. The molecule has 2 N–H and O–H groups in total. The Bertz CT molecular complexity index is 2040. The maximum atomic E-state index is 14.7. The highest BCUT2D eigenvalue weighted by Gasteiger charge is 2.58. The van der Waals surface area contributed by atoms with Crippen LogP contribution in [0.5, 0.6) is 0 Å². The SMILES string of the molecule is CC[C@H]1OC(=O)[C@H](C)[C@@H](OC(=O)N(CC)CC)[C@H](C)[C@@H](O[C@@H]2O[C@H](C)C[C@H](N(C)C)[C@H]2O)[C@](C)(OC(=O)OC/C=C/c2ccc(-c3cnccn3)cc2)C[C@@H](C)C(=O)[C@H](C)[C@H]2NC(=O)O[C@@]21C. The second-order valence-electron chi connectivity index (χ2n) is 18.7. The quantitative estimate of drug-likeness (QED) is 0.173. The number of nitrogens with one attached hydrogen (secondary N) is 1. The van der Waals surface area contributed by atoms with E-state index in [-0.39, 0.29) is 25.2 Å². The molecule has 3 aliphatic heterocycles. The van der Waals surface area contributed by atoms with E-state index in [0.717, 1.165) is 16.8 Å². The number of hydrogen-bond acceptors (Lipinski definition) is 16. The Morgan fingerprint density at radius 2 is 1.67 bits per heavy atom. The number of ether oxygens (including phenoxy) is 7. The second-order valence-corrected chi connectivity index (χ2v) is 18.7. The number of esters is 1. The van der Waals surface area contributed by atoms with E-state index in [1.807, 2.05) is 50.2 Å². The standard InChI is InChI=1S/C49H71N5O13/c1-13-37-49(10)41(52-45(58)66-49)30(6)38(55)28(4)26-48(9,67-47(60)61-24-16-17-33-18-20-34(21-19-33)35-27-50-22-23-51-35)42(65-44-39(56)36(53(11)12)25-29(5)62-44)31(7)40(32(8)43(57)63-37)64-46(59)54(14-2)15-3/h16-23,27-32,36-37,39-42,44,56H,13-15,24-26H2,1-12H3,(H,52,58)/b17-16+/t28-,29-,30+,31+,32-,36+,37-,39-,40+,41-,42-,44+,48-,49-/m1/s1. The van der Waals surface area contributed by atoms with Crippen LogP contribution in [0.15, 0.2) is 48.9 Å². The lowest BCUT2D eigenvalue weighted by molar-refractivity contribution is -0.299. The molecule has 0 bridgehead atoms. The molecule has 3 aliphatic rings. The summed E-state index contributed by atoms with van der Waals surface area (Å²) in [5, 5.41) is 14.6. The van der Waals surface area contributed by atoms with Crippen LogP contribution in [0.3, 0.4) is 0 Å². The molecule has 2 amide bonds. The number of amides is 2. The van der Waals surface area contributed by atoms with Gasteiger partial charge in [-0.15, -0.1) is 0 Å². The second kappa shape index (κ2) is 22.8. The van der Waals surface area contributed by atoms with Gasteiger partial charge in [-0.3, -0.25) is 19.6 Å². The molecule has 0 unspecified atom stereocenters. The van der Waals surface area contributed by atoms with Crippen LogP contribution in [-0.2, 0) is 42.7 Å². The van der Waals surface area contributed by atoms with Gasteiger partial charge in [-0.05, 0) is 86.5 Å². The predicted molar refractivity (Wildman–Crippen MR) is 246 cm³/mol. The smallest absolute Gasteiger partial charge is 0.458 e. The number of aliphatic hydroxyl groups is 1. The zero-order chi connectivity index (χ0) is 49.4. The van der Waals surface area contributed by atoms with Gasteiger partial charge in [0, 0.05) is 54.8 Å². The predicted octanol–water partition coefficient (Wildman–Crippen LogP) is 6.43. The Hall–Kier alpha value is -5.17. The molecule has 18 nitrogen and oxygen atoms in total. The number of benzene rings is 1. The maximum Gasteiger partial charge on any atom is 0.509 e. The molecule has 2 aromatic rings. The molecule has 4 heterocycles. The molecule has 67 heavy (non-hydrogen) atoms. The highest BCUT2D eigenvalue weighted by molar-refractivity contribution is 5.85. The van der Waals surface area contributed by atoms with Crippen LogP contribution in [0.2, 0.25) is 0 Å². The van der Waals surface area contributed by atoms with Gasteiger partial charge in [0.05, 0.1) is 30.0 Å². The van der Waals surface area contributed by atoms with Gasteiger partial charge in [-0.1, -0.05) is 58.0 Å². The lowest BCUT2D eigenvalue weighted by Gasteiger charge is -2.48. The van der Waals surface area contributed by atoms with Crippen molar-refractivity contribution >= 4 is 36.2 Å². The molecule has 1 aromatic carbocycles. The van der Waals surface area contributed by atoms with Gasteiger partial charge in [0.2, 0.25) is 0 Å². The summed E-state index contributed by atoms with van der Waals surface area (Å²) in [4.78, 5) is 81.9. The topological polar surface area (TPSA) is 214 Å². The number of carbonyl (C=O) groups excluding carboxylic acids is 5. The molecule has 5 rings (SSSR count). The summed E-state index contributed by atoms with van der Waals surface area (Å²) < 4.78 is 43.4. The van der Waals surface area contributed by atoms with Gasteiger partial charge in [0.15, 0.2) is 11.9 Å². The van der Waals surface area contributed by atoms with E-state index in [2.05, 4.69) is 15.3 Å². The number of aromatic nitrogens is 2.